The predicted octanol–water partition coefficient (Wildman–Crippen LogP) is 1.03. The average molecular weight is 253 g/mol. The summed E-state index contributed by atoms with van der Waals surface area (Å²) in [5.41, 5.74) is 0. The van der Waals surface area contributed by atoms with Gasteiger partial charge in [0.25, 0.3) is 6.43 Å². The predicted molar refractivity (Wildman–Crippen MR) is 55.9 cm³/mol. The number of carbonyl (C=O) groups excluding carboxylic acids is 1. The highest BCUT2D eigenvalue weighted by atomic mass is 19.3. The Labute approximate surface area is 98.1 Å². The molecule has 0 heterocycles. The molecule has 1 atom stereocenters. The highest BCUT2D eigenvalue weighted by Gasteiger charge is 2.13. The number of carbonyl (C=O) groups is 2. The molecular formula is C10H17F2NO4. The zero-order chi connectivity index (χ0) is 13.3. The molecule has 0 fully saturated rings. The van der Waals surface area contributed by atoms with Crippen LogP contribution in [0.4, 0.5) is 8.78 Å². The van der Waals surface area contributed by atoms with E-state index in [-0.39, 0.29) is 19.4 Å². The van der Waals surface area contributed by atoms with E-state index >= 15 is 0 Å². The summed E-state index contributed by atoms with van der Waals surface area (Å²) in [7, 11) is 0. The number of rotatable bonds is 9. The fourth-order valence-electron chi connectivity index (χ4n) is 1.15. The van der Waals surface area contributed by atoms with E-state index in [9.17, 15) is 18.4 Å². The second kappa shape index (κ2) is 8.86. The summed E-state index contributed by atoms with van der Waals surface area (Å²) in [5, 5.41) is 11.0. The van der Waals surface area contributed by atoms with Gasteiger partial charge in [-0.2, -0.15) is 0 Å². The maximum Gasteiger partial charge on any atom is 0.305 e. The van der Waals surface area contributed by atoms with Crippen molar-refractivity contribution in [3.05, 3.63) is 0 Å². The van der Waals surface area contributed by atoms with E-state index in [1.54, 1.807) is 6.92 Å². The summed E-state index contributed by atoms with van der Waals surface area (Å²) in [6.45, 7) is 0.959. The highest BCUT2D eigenvalue weighted by Crippen LogP contribution is 1.99. The van der Waals surface area contributed by atoms with Crippen LogP contribution in [0.3, 0.4) is 0 Å². The Balaban J connectivity index is 3.72. The third-order valence-electron chi connectivity index (χ3n) is 2.00. The van der Waals surface area contributed by atoms with Gasteiger partial charge < -0.3 is 15.2 Å². The van der Waals surface area contributed by atoms with Gasteiger partial charge in [-0.1, -0.05) is 6.92 Å². The third kappa shape index (κ3) is 9.68. The first kappa shape index (κ1) is 15.8. The molecule has 1 unspecified atom stereocenters. The standard InChI is InChI=1S/C10H17F2NO4/c1-2-7(5-10(15)16)13-9(14)3-4-17-6-8(11)12/h7-8H,2-6H2,1H3,(H,13,14)(H,15,16). The van der Waals surface area contributed by atoms with Crippen molar-refractivity contribution in [1.82, 2.24) is 5.32 Å². The minimum Gasteiger partial charge on any atom is -0.481 e. The summed E-state index contributed by atoms with van der Waals surface area (Å²) >= 11 is 0. The number of halogens is 2. The number of carboxylic acid groups (broad SMARTS) is 1. The number of hydrogen-bond donors (Lipinski definition) is 2. The molecular weight excluding hydrogens is 236 g/mol. The Bertz CT molecular complexity index is 248. The Morgan fingerprint density at radius 2 is 2.06 bits per heavy atom. The Kier molecular flexibility index (Phi) is 8.21. The fourth-order valence-corrected chi connectivity index (χ4v) is 1.15. The molecule has 5 nitrogen and oxygen atoms in total. The molecule has 0 radical (unpaired) electrons. The fraction of sp³-hybridized carbons (Fsp3) is 0.800. The number of carboxylic acids is 1. The quantitative estimate of drug-likeness (QED) is 0.602. The lowest BCUT2D eigenvalue weighted by molar-refractivity contribution is -0.137. The number of aliphatic carboxylic acids is 1. The summed E-state index contributed by atoms with van der Waals surface area (Å²) < 4.78 is 27.9. The van der Waals surface area contributed by atoms with Crippen LogP contribution in [0.15, 0.2) is 0 Å². The van der Waals surface area contributed by atoms with Crippen LogP contribution in [0.25, 0.3) is 0 Å². The van der Waals surface area contributed by atoms with Gasteiger partial charge in [-0.25, -0.2) is 8.78 Å². The second-order valence-electron chi connectivity index (χ2n) is 3.49. The molecule has 0 rings (SSSR count). The lowest BCUT2D eigenvalue weighted by Gasteiger charge is -2.14. The molecule has 0 aromatic rings. The molecule has 17 heavy (non-hydrogen) atoms. The summed E-state index contributed by atoms with van der Waals surface area (Å²) in [6, 6.07) is -0.435. The summed E-state index contributed by atoms with van der Waals surface area (Å²) in [4.78, 5) is 21.7. The van der Waals surface area contributed by atoms with Crippen LogP contribution in [-0.2, 0) is 14.3 Å². The van der Waals surface area contributed by atoms with Crippen LogP contribution in [0.1, 0.15) is 26.2 Å². The SMILES string of the molecule is CCC(CC(=O)O)NC(=O)CCOCC(F)F. The van der Waals surface area contributed by atoms with Crippen LogP contribution < -0.4 is 5.32 Å². The number of nitrogens with one attached hydrogen (secondary N) is 1. The van der Waals surface area contributed by atoms with Crippen molar-refractivity contribution in [2.24, 2.45) is 0 Å². The maximum atomic E-state index is 11.7. The topological polar surface area (TPSA) is 75.6 Å². The number of alkyl halides is 2. The molecule has 0 aliphatic rings. The van der Waals surface area contributed by atoms with Crippen molar-refractivity contribution >= 4 is 11.9 Å². The zero-order valence-corrected chi connectivity index (χ0v) is 9.62. The van der Waals surface area contributed by atoms with Crippen molar-refractivity contribution in [2.45, 2.75) is 38.7 Å². The van der Waals surface area contributed by atoms with E-state index < -0.39 is 31.0 Å². The minimum absolute atomic E-state index is 0.0527. The van der Waals surface area contributed by atoms with Gasteiger partial charge in [0.2, 0.25) is 5.91 Å². The molecule has 0 saturated heterocycles. The number of hydrogen-bond acceptors (Lipinski definition) is 3. The van der Waals surface area contributed by atoms with Gasteiger partial charge >= 0.3 is 5.97 Å². The molecule has 1 amide bonds. The first-order chi connectivity index (χ1) is 7.95. The molecule has 0 aliphatic heterocycles. The molecule has 0 bridgehead atoms. The third-order valence-corrected chi connectivity index (χ3v) is 2.00. The van der Waals surface area contributed by atoms with Gasteiger partial charge in [-0.05, 0) is 6.42 Å². The second-order valence-corrected chi connectivity index (χ2v) is 3.49. The van der Waals surface area contributed by atoms with E-state index in [0.29, 0.717) is 6.42 Å². The van der Waals surface area contributed by atoms with Crippen molar-refractivity contribution < 1.29 is 28.2 Å². The summed E-state index contributed by atoms with van der Waals surface area (Å²) in [5.74, 6) is -1.39. The number of amides is 1. The zero-order valence-electron chi connectivity index (χ0n) is 9.62. The first-order valence-corrected chi connectivity index (χ1v) is 5.32. The van der Waals surface area contributed by atoms with E-state index in [2.05, 4.69) is 10.1 Å². The molecule has 0 saturated carbocycles. The van der Waals surface area contributed by atoms with Gasteiger partial charge in [0, 0.05) is 12.5 Å². The molecule has 0 aliphatic carbocycles. The molecule has 0 spiro atoms. The monoisotopic (exact) mass is 253 g/mol. The molecule has 2 N–H and O–H groups in total. The van der Waals surface area contributed by atoms with E-state index in [0.717, 1.165) is 0 Å². The van der Waals surface area contributed by atoms with Crippen LogP contribution in [0.5, 0.6) is 0 Å². The highest BCUT2D eigenvalue weighted by molar-refractivity contribution is 5.77. The van der Waals surface area contributed by atoms with Gasteiger partial charge in [-0.15, -0.1) is 0 Å². The van der Waals surface area contributed by atoms with Crippen molar-refractivity contribution in [3.63, 3.8) is 0 Å². The van der Waals surface area contributed by atoms with Crippen LogP contribution in [0.2, 0.25) is 0 Å². The molecule has 0 aromatic heterocycles. The van der Waals surface area contributed by atoms with Crippen molar-refractivity contribution in [3.8, 4) is 0 Å². The van der Waals surface area contributed by atoms with Gasteiger partial charge in [0.15, 0.2) is 0 Å². The van der Waals surface area contributed by atoms with E-state index in [4.69, 9.17) is 5.11 Å². The van der Waals surface area contributed by atoms with E-state index in [1.807, 2.05) is 0 Å². The molecule has 7 heteroatoms. The first-order valence-electron chi connectivity index (χ1n) is 5.32. The van der Waals surface area contributed by atoms with E-state index in [1.165, 1.54) is 0 Å². The normalized spacial score (nSPS) is 12.5. The Hall–Kier alpha value is -1.24. The average Bonchev–Trinajstić information content (AvgIpc) is 2.22. The maximum absolute atomic E-state index is 11.7. The molecule has 0 aromatic carbocycles. The summed E-state index contributed by atoms with van der Waals surface area (Å²) in [6.07, 6.45) is -2.26. The van der Waals surface area contributed by atoms with Crippen molar-refractivity contribution in [1.29, 1.82) is 0 Å². The van der Waals surface area contributed by atoms with Gasteiger partial charge in [0.05, 0.1) is 13.0 Å². The van der Waals surface area contributed by atoms with Crippen LogP contribution >= 0.6 is 0 Å². The van der Waals surface area contributed by atoms with Gasteiger partial charge in [0.1, 0.15) is 6.61 Å². The lowest BCUT2D eigenvalue weighted by Crippen LogP contribution is -2.36. The van der Waals surface area contributed by atoms with Crippen LogP contribution in [-0.4, -0.2) is 42.7 Å². The largest absolute Gasteiger partial charge is 0.481 e. The van der Waals surface area contributed by atoms with Gasteiger partial charge in [-0.3, -0.25) is 9.59 Å². The molecule has 100 valence electrons. The number of ether oxygens (including phenoxy) is 1. The van der Waals surface area contributed by atoms with Crippen LogP contribution in [0, 0.1) is 0 Å². The Morgan fingerprint density at radius 1 is 1.41 bits per heavy atom. The van der Waals surface area contributed by atoms with Crippen molar-refractivity contribution in [2.75, 3.05) is 13.2 Å². The smallest absolute Gasteiger partial charge is 0.305 e. The Morgan fingerprint density at radius 3 is 2.53 bits per heavy atom. The lowest BCUT2D eigenvalue weighted by atomic mass is 10.1. The minimum atomic E-state index is -2.55.